The van der Waals surface area contributed by atoms with Gasteiger partial charge < -0.3 is 19.6 Å². The quantitative estimate of drug-likeness (QED) is 0.638. The molecule has 0 aliphatic carbocycles. The highest BCUT2D eigenvalue weighted by molar-refractivity contribution is 5.88. The third-order valence-electron chi connectivity index (χ3n) is 3.37. The van der Waals surface area contributed by atoms with Crippen molar-refractivity contribution in [3.63, 3.8) is 0 Å². The van der Waals surface area contributed by atoms with Crippen molar-refractivity contribution < 1.29 is 23.9 Å². The second-order valence-corrected chi connectivity index (χ2v) is 6.73. The van der Waals surface area contributed by atoms with Crippen LogP contribution in [0, 0.1) is 6.92 Å². The van der Waals surface area contributed by atoms with Crippen LogP contribution in [0.15, 0.2) is 24.3 Å². The van der Waals surface area contributed by atoms with E-state index in [1.54, 1.807) is 20.8 Å². The second kappa shape index (κ2) is 7.95. The van der Waals surface area contributed by atoms with Gasteiger partial charge in [0.25, 0.3) is 0 Å². The third-order valence-corrected chi connectivity index (χ3v) is 3.37. The number of carbonyl (C=O) groups excluding carboxylic acids is 3. The fourth-order valence-electron chi connectivity index (χ4n) is 2.26. The number of aldehydes is 1. The van der Waals surface area contributed by atoms with Crippen LogP contribution in [0.2, 0.25) is 0 Å². The molecule has 0 spiro atoms. The zero-order valence-electron chi connectivity index (χ0n) is 14.8. The van der Waals surface area contributed by atoms with Crippen molar-refractivity contribution >= 4 is 18.3 Å². The fraction of sp³-hybridized carbons (Fsp3) is 0.500. The predicted molar refractivity (Wildman–Crippen MR) is 89.7 cm³/mol. The molecule has 0 saturated carbocycles. The minimum atomic E-state index is -1.51. The smallest absolute Gasteiger partial charge is 0.408 e. The molecule has 0 aliphatic rings. The van der Waals surface area contributed by atoms with Crippen molar-refractivity contribution in [3.05, 3.63) is 35.4 Å². The van der Waals surface area contributed by atoms with Gasteiger partial charge in [-0.05, 0) is 33.3 Å². The predicted octanol–water partition coefficient (Wildman–Crippen LogP) is 2.56. The van der Waals surface area contributed by atoms with Gasteiger partial charge in [-0.2, -0.15) is 0 Å². The standard InChI is InChI=1S/C18H25NO5/c1-13-6-8-14(9-7-13)12-18(10-11-20,15(21)23-5)19-16(22)24-17(2,3)4/h6-9,11H,10,12H2,1-5H3,(H,19,22). The molecule has 1 unspecified atom stereocenters. The van der Waals surface area contributed by atoms with Crippen molar-refractivity contribution in [2.75, 3.05) is 7.11 Å². The van der Waals surface area contributed by atoms with Gasteiger partial charge in [0, 0.05) is 12.8 Å². The molecule has 6 heteroatoms. The van der Waals surface area contributed by atoms with E-state index in [2.05, 4.69) is 5.32 Å². The molecule has 0 aliphatic heterocycles. The molecule has 6 nitrogen and oxygen atoms in total. The summed E-state index contributed by atoms with van der Waals surface area (Å²) in [7, 11) is 1.22. The molecule has 0 bridgehead atoms. The highest BCUT2D eigenvalue weighted by Gasteiger charge is 2.42. The monoisotopic (exact) mass is 335 g/mol. The SMILES string of the molecule is COC(=O)C(CC=O)(Cc1ccc(C)cc1)NC(=O)OC(C)(C)C. The number of esters is 1. The Morgan fingerprint density at radius 3 is 2.21 bits per heavy atom. The van der Waals surface area contributed by atoms with Crippen LogP contribution in [0.5, 0.6) is 0 Å². The molecule has 0 heterocycles. The minimum absolute atomic E-state index is 0.123. The van der Waals surface area contributed by atoms with Gasteiger partial charge in [0.05, 0.1) is 7.11 Å². The molecule has 1 amide bonds. The zero-order valence-corrected chi connectivity index (χ0v) is 14.8. The van der Waals surface area contributed by atoms with Crippen molar-refractivity contribution in [3.8, 4) is 0 Å². The highest BCUT2D eigenvalue weighted by atomic mass is 16.6. The Bertz CT molecular complexity index is 588. The first kappa shape index (κ1) is 19.7. The Kier molecular flexibility index (Phi) is 6.51. The number of nitrogens with one attached hydrogen (secondary N) is 1. The van der Waals surface area contributed by atoms with Crippen LogP contribution in [-0.4, -0.2) is 36.6 Å². The molecule has 0 fully saturated rings. The Morgan fingerprint density at radius 1 is 1.17 bits per heavy atom. The topological polar surface area (TPSA) is 81.7 Å². The van der Waals surface area contributed by atoms with Crippen LogP contribution in [-0.2, 0) is 25.5 Å². The Balaban J connectivity index is 3.13. The van der Waals surface area contributed by atoms with E-state index < -0.39 is 23.2 Å². The Labute approximate surface area is 142 Å². The van der Waals surface area contributed by atoms with Gasteiger partial charge in [-0.15, -0.1) is 0 Å². The molecule has 1 aromatic carbocycles. The van der Waals surface area contributed by atoms with Crippen LogP contribution in [0.4, 0.5) is 4.79 Å². The van der Waals surface area contributed by atoms with E-state index in [0.717, 1.165) is 11.1 Å². The van der Waals surface area contributed by atoms with Crippen molar-refractivity contribution in [1.29, 1.82) is 0 Å². The van der Waals surface area contributed by atoms with Gasteiger partial charge in [0.1, 0.15) is 11.9 Å². The van der Waals surface area contributed by atoms with Crippen LogP contribution in [0.25, 0.3) is 0 Å². The number of carbonyl (C=O) groups is 3. The largest absolute Gasteiger partial charge is 0.467 e. The maximum absolute atomic E-state index is 12.3. The van der Waals surface area contributed by atoms with Gasteiger partial charge in [0.15, 0.2) is 5.54 Å². The van der Waals surface area contributed by atoms with E-state index >= 15 is 0 Å². The maximum atomic E-state index is 12.3. The van der Waals surface area contributed by atoms with Crippen LogP contribution in [0.1, 0.15) is 38.3 Å². The van der Waals surface area contributed by atoms with Gasteiger partial charge >= 0.3 is 12.1 Å². The summed E-state index contributed by atoms with van der Waals surface area (Å²) in [6.07, 6.45) is -0.283. The van der Waals surface area contributed by atoms with Gasteiger partial charge in [-0.1, -0.05) is 29.8 Å². The summed E-state index contributed by atoms with van der Waals surface area (Å²) in [5.74, 6) is -0.693. The van der Waals surface area contributed by atoms with Crippen molar-refractivity contribution in [2.24, 2.45) is 0 Å². The number of ether oxygens (including phenoxy) is 2. The average molecular weight is 335 g/mol. The number of hydrogen-bond donors (Lipinski definition) is 1. The van der Waals surface area contributed by atoms with Gasteiger partial charge in [-0.3, -0.25) is 0 Å². The van der Waals surface area contributed by atoms with E-state index in [4.69, 9.17) is 9.47 Å². The Morgan fingerprint density at radius 2 is 1.75 bits per heavy atom. The number of rotatable bonds is 6. The molecule has 0 saturated heterocycles. The van der Waals surface area contributed by atoms with E-state index in [-0.39, 0.29) is 12.8 Å². The summed E-state index contributed by atoms with van der Waals surface area (Å²) in [6.45, 7) is 7.09. The first-order valence-corrected chi connectivity index (χ1v) is 7.70. The lowest BCUT2D eigenvalue weighted by Crippen LogP contribution is -2.57. The number of amides is 1. The lowest BCUT2D eigenvalue weighted by Gasteiger charge is -2.31. The number of alkyl carbamates (subject to hydrolysis) is 1. The normalized spacial score (nSPS) is 13.5. The summed E-state index contributed by atoms with van der Waals surface area (Å²) in [4.78, 5) is 35.7. The third kappa shape index (κ3) is 5.68. The highest BCUT2D eigenvalue weighted by Crippen LogP contribution is 2.21. The molecule has 1 atom stereocenters. The molecule has 1 rings (SSSR count). The van der Waals surface area contributed by atoms with Crippen LogP contribution >= 0.6 is 0 Å². The fourth-order valence-corrected chi connectivity index (χ4v) is 2.26. The van der Waals surface area contributed by atoms with E-state index in [0.29, 0.717) is 6.29 Å². The number of hydrogen-bond acceptors (Lipinski definition) is 5. The van der Waals surface area contributed by atoms with E-state index in [1.807, 2.05) is 31.2 Å². The van der Waals surface area contributed by atoms with Crippen molar-refractivity contribution in [2.45, 2.75) is 51.7 Å². The molecule has 0 aromatic heterocycles. The van der Waals surface area contributed by atoms with Gasteiger partial charge in [0.2, 0.25) is 0 Å². The van der Waals surface area contributed by atoms with Crippen molar-refractivity contribution in [1.82, 2.24) is 5.32 Å². The van der Waals surface area contributed by atoms with Crippen LogP contribution in [0.3, 0.4) is 0 Å². The lowest BCUT2D eigenvalue weighted by molar-refractivity contribution is -0.149. The molecule has 0 radical (unpaired) electrons. The molecule has 1 aromatic rings. The Hall–Kier alpha value is -2.37. The first-order valence-electron chi connectivity index (χ1n) is 7.70. The maximum Gasteiger partial charge on any atom is 0.408 e. The first-order chi connectivity index (χ1) is 11.1. The number of aryl methyl sites for hydroxylation is 1. The lowest BCUT2D eigenvalue weighted by atomic mass is 9.87. The summed E-state index contributed by atoms with van der Waals surface area (Å²) in [6, 6.07) is 7.47. The second-order valence-electron chi connectivity index (χ2n) is 6.73. The average Bonchev–Trinajstić information content (AvgIpc) is 2.46. The zero-order chi connectivity index (χ0) is 18.4. The summed E-state index contributed by atoms with van der Waals surface area (Å²) in [5, 5.41) is 2.53. The molecule has 1 N–H and O–H groups in total. The summed E-state index contributed by atoms with van der Waals surface area (Å²) in [5.41, 5.74) is -0.368. The number of benzene rings is 1. The number of methoxy groups -OCH3 is 1. The molecule has 132 valence electrons. The molecular weight excluding hydrogens is 310 g/mol. The van der Waals surface area contributed by atoms with E-state index in [1.165, 1.54) is 7.11 Å². The van der Waals surface area contributed by atoms with E-state index in [9.17, 15) is 14.4 Å². The summed E-state index contributed by atoms with van der Waals surface area (Å²) >= 11 is 0. The molecular formula is C18H25NO5. The summed E-state index contributed by atoms with van der Waals surface area (Å²) < 4.78 is 10.0. The van der Waals surface area contributed by atoms with Gasteiger partial charge in [-0.25, -0.2) is 9.59 Å². The van der Waals surface area contributed by atoms with Crippen LogP contribution < -0.4 is 5.32 Å². The minimum Gasteiger partial charge on any atom is -0.467 e. The molecule has 24 heavy (non-hydrogen) atoms.